The summed E-state index contributed by atoms with van der Waals surface area (Å²) in [7, 11) is 1.59. The zero-order valence-electron chi connectivity index (χ0n) is 7.16. The maximum absolute atomic E-state index is 10.9. The monoisotopic (exact) mass is 179 g/mol. The highest BCUT2D eigenvalue weighted by molar-refractivity contribution is 5.83. The van der Waals surface area contributed by atoms with Crippen LogP contribution < -0.4 is 14.8 Å². The van der Waals surface area contributed by atoms with Gasteiger partial charge in [0.15, 0.2) is 5.75 Å². The standard InChI is InChI=1S/C9H9NO3/c1-12-6-2-3-8-7(4-6)10-5-9(11)13-8/h2-4,10H,5H2,1H3. The van der Waals surface area contributed by atoms with Crippen molar-refractivity contribution in [3.05, 3.63) is 18.2 Å². The van der Waals surface area contributed by atoms with Crippen LogP contribution in [0.15, 0.2) is 18.2 Å². The van der Waals surface area contributed by atoms with Crippen molar-refractivity contribution in [1.29, 1.82) is 0 Å². The molecule has 1 heterocycles. The average molecular weight is 179 g/mol. The molecule has 1 N–H and O–H groups in total. The van der Waals surface area contributed by atoms with Crippen molar-refractivity contribution in [2.75, 3.05) is 19.0 Å². The van der Waals surface area contributed by atoms with Gasteiger partial charge in [-0.3, -0.25) is 0 Å². The van der Waals surface area contributed by atoms with E-state index in [1.807, 2.05) is 0 Å². The molecule has 0 atom stereocenters. The molecule has 4 nitrogen and oxygen atoms in total. The lowest BCUT2D eigenvalue weighted by Crippen LogP contribution is -2.24. The SMILES string of the molecule is COc1ccc2c(c1)NCC(=O)O2. The van der Waals surface area contributed by atoms with Gasteiger partial charge in [0, 0.05) is 6.07 Å². The van der Waals surface area contributed by atoms with Crippen LogP contribution in [0.2, 0.25) is 0 Å². The zero-order valence-corrected chi connectivity index (χ0v) is 7.16. The molecule has 1 aromatic rings. The number of anilines is 1. The van der Waals surface area contributed by atoms with Gasteiger partial charge in [-0.05, 0) is 12.1 Å². The Kier molecular flexibility index (Phi) is 1.81. The summed E-state index contributed by atoms with van der Waals surface area (Å²) in [6, 6.07) is 5.25. The van der Waals surface area contributed by atoms with Crippen molar-refractivity contribution < 1.29 is 14.3 Å². The number of hydrogen-bond donors (Lipinski definition) is 1. The second-order valence-corrected chi connectivity index (χ2v) is 2.69. The fourth-order valence-electron chi connectivity index (χ4n) is 1.19. The van der Waals surface area contributed by atoms with E-state index in [2.05, 4.69) is 5.32 Å². The Balaban J connectivity index is 2.36. The van der Waals surface area contributed by atoms with Gasteiger partial charge in [-0.25, -0.2) is 4.79 Å². The van der Waals surface area contributed by atoms with Crippen molar-refractivity contribution in [3.8, 4) is 11.5 Å². The highest BCUT2D eigenvalue weighted by Crippen LogP contribution is 2.30. The number of hydrogen-bond acceptors (Lipinski definition) is 4. The van der Waals surface area contributed by atoms with E-state index in [0.29, 0.717) is 5.75 Å². The Bertz CT molecular complexity index is 349. The van der Waals surface area contributed by atoms with Crippen LogP contribution in [-0.4, -0.2) is 19.6 Å². The molecular weight excluding hydrogens is 170 g/mol. The third-order valence-electron chi connectivity index (χ3n) is 1.83. The quantitative estimate of drug-likeness (QED) is 0.516. The first-order valence-corrected chi connectivity index (χ1v) is 3.92. The molecule has 0 aliphatic carbocycles. The Morgan fingerprint density at radius 3 is 3.15 bits per heavy atom. The minimum Gasteiger partial charge on any atom is -0.497 e. The van der Waals surface area contributed by atoms with E-state index in [1.165, 1.54) is 0 Å². The van der Waals surface area contributed by atoms with Gasteiger partial charge < -0.3 is 14.8 Å². The Labute approximate surface area is 75.5 Å². The van der Waals surface area contributed by atoms with Gasteiger partial charge in [0.05, 0.1) is 12.8 Å². The molecule has 1 aliphatic heterocycles. The summed E-state index contributed by atoms with van der Waals surface area (Å²) in [4.78, 5) is 10.9. The largest absolute Gasteiger partial charge is 0.497 e. The molecule has 0 spiro atoms. The van der Waals surface area contributed by atoms with E-state index in [0.717, 1.165) is 11.4 Å². The van der Waals surface area contributed by atoms with Crippen LogP contribution in [0.4, 0.5) is 5.69 Å². The summed E-state index contributed by atoms with van der Waals surface area (Å²) in [6.07, 6.45) is 0. The van der Waals surface area contributed by atoms with E-state index in [9.17, 15) is 4.79 Å². The van der Waals surface area contributed by atoms with Gasteiger partial charge in [-0.1, -0.05) is 0 Å². The summed E-state index contributed by atoms with van der Waals surface area (Å²) in [5.74, 6) is 1.03. The Morgan fingerprint density at radius 2 is 2.38 bits per heavy atom. The first-order chi connectivity index (χ1) is 6.29. The summed E-state index contributed by atoms with van der Waals surface area (Å²) >= 11 is 0. The van der Waals surface area contributed by atoms with Crippen molar-refractivity contribution in [2.45, 2.75) is 0 Å². The highest BCUT2D eigenvalue weighted by Gasteiger charge is 2.16. The third kappa shape index (κ3) is 1.42. The molecule has 0 saturated carbocycles. The maximum Gasteiger partial charge on any atom is 0.330 e. The predicted octanol–water partition coefficient (Wildman–Crippen LogP) is 1.03. The number of ether oxygens (including phenoxy) is 2. The summed E-state index contributed by atoms with van der Waals surface area (Å²) in [6.45, 7) is 0.208. The lowest BCUT2D eigenvalue weighted by Gasteiger charge is -2.17. The van der Waals surface area contributed by atoms with Crippen LogP contribution in [0.25, 0.3) is 0 Å². The van der Waals surface area contributed by atoms with Crippen LogP contribution in [0.1, 0.15) is 0 Å². The van der Waals surface area contributed by atoms with Gasteiger partial charge in [-0.2, -0.15) is 0 Å². The molecule has 1 aromatic carbocycles. The number of rotatable bonds is 1. The molecule has 0 saturated heterocycles. The van der Waals surface area contributed by atoms with Gasteiger partial charge in [0.25, 0.3) is 0 Å². The van der Waals surface area contributed by atoms with E-state index in [-0.39, 0.29) is 12.5 Å². The molecule has 0 amide bonds. The minimum atomic E-state index is -0.266. The zero-order chi connectivity index (χ0) is 9.26. The van der Waals surface area contributed by atoms with Crippen LogP contribution in [-0.2, 0) is 4.79 Å². The number of carbonyl (C=O) groups excluding carboxylic acids is 1. The van der Waals surface area contributed by atoms with E-state index < -0.39 is 0 Å². The fourth-order valence-corrected chi connectivity index (χ4v) is 1.19. The number of methoxy groups -OCH3 is 1. The Morgan fingerprint density at radius 1 is 1.54 bits per heavy atom. The molecule has 0 fully saturated rings. The van der Waals surface area contributed by atoms with E-state index in [1.54, 1.807) is 25.3 Å². The molecule has 0 unspecified atom stereocenters. The third-order valence-corrected chi connectivity index (χ3v) is 1.83. The van der Waals surface area contributed by atoms with Crippen molar-refractivity contribution >= 4 is 11.7 Å². The summed E-state index contributed by atoms with van der Waals surface area (Å²) in [5, 5.41) is 2.93. The Hall–Kier alpha value is -1.71. The number of esters is 1. The van der Waals surface area contributed by atoms with Crippen molar-refractivity contribution in [3.63, 3.8) is 0 Å². The number of fused-ring (bicyclic) bond motifs is 1. The van der Waals surface area contributed by atoms with Gasteiger partial charge >= 0.3 is 5.97 Å². The molecule has 0 bridgehead atoms. The lowest BCUT2D eigenvalue weighted by atomic mass is 10.2. The van der Waals surface area contributed by atoms with Crippen molar-refractivity contribution in [2.24, 2.45) is 0 Å². The normalized spacial score (nSPS) is 14.1. The van der Waals surface area contributed by atoms with Crippen LogP contribution >= 0.6 is 0 Å². The molecule has 13 heavy (non-hydrogen) atoms. The van der Waals surface area contributed by atoms with Crippen molar-refractivity contribution in [1.82, 2.24) is 0 Å². The first kappa shape index (κ1) is 7.91. The average Bonchev–Trinajstić information content (AvgIpc) is 2.17. The van der Waals surface area contributed by atoms with E-state index in [4.69, 9.17) is 9.47 Å². The van der Waals surface area contributed by atoms with E-state index >= 15 is 0 Å². The first-order valence-electron chi connectivity index (χ1n) is 3.92. The number of nitrogens with one attached hydrogen (secondary N) is 1. The predicted molar refractivity (Wildman–Crippen MR) is 47.1 cm³/mol. The summed E-state index contributed by atoms with van der Waals surface area (Å²) < 4.78 is 10.0. The van der Waals surface area contributed by atoms with Gasteiger partial charge in [0.2, 0.25) is 0 Å². The molecule has 68 valence electrons. The van der Waals surface area contributed by atoms with Crippen LogP contribution in [0, 0.1) is 0 Å². The topological polar surface area (TPSA) is 47.6 Å². The van der Waals surface area contributed by atoms with Gasteiger partial charge in [0.1, 0.15) is 12.3 Å². The highest BCUT2D eigenvalue weighted by atomic mass is 16.5. The molecule has 1 aliphatic rings. The van der Waals surface area contributed by atoms with Crippen LogP contribution in [0.3, 0.4) is 0 Å². The molecule has 0 aromatic heterocycles. The molecule has 2 rings (SSSR count). The minimum absolute atomic E-state index is 0.208. The molecular formula is C9H9NO3. The number of carbonyl (C=O) groups is 1. The van der Waals surface area contributed by atoms with Gasteiger partial charge in [-0.15, -0.1) is 0 Å². The fraction of sp³-hybridized carbons (Fsp3) is 0.222. The molecule has 4 heteroatoms. The second kappa shape index (κ2) is 2.97. The smallest absolute Gasteiger partial charge is 0.330 e. The summed E-state index contributed by atoms with van der Waals surface area (Å²) in [5.41, 5.74) is 0.791. The lowest BCUT2D eigenvalue weighted by molar-refractivity contribution is -0.132. The van der Waals surface area contributed by atoms with Crippen LogP contribution in [0.5, 0.6) is 11.5 Å². The molecule has 0 radical (unpaired) electrons. The second-order valence-electron chi connectivity index (χ2n) is 2.69. The maximum atomic E-state index is 10.9. The number of benzene rings is 1.